The smallest absolute Gasteiger partial charge is 0.137 e. The third-order valence-corrected chi connectivity index (χ3v) is 8.84. The van der Waals surface area contributed by atoms with Gasteiger partial charge in [-0.15, -0.1) is 0 Å². The summed E-state index contributed by atoms with van der Waals surface area (Å²) in [5.41, 5.74) is 8.32. The van der Waals surface area contributed by atoms with Crippen molar-refractivity contribution >= 4 is 93.7 Å². The minimum Gasteiger partial charge on any atom is -0.456 e. The van der Waals surface area contributed by atoms with Gasteiger partial charge in [0.2, 0.25) is 0 Å². The molecule has 206 valence electrons. The summed E-state index contributed by atoms with van der Waals surface area (Å²) in [5.74, 6) is 0. The van der Waals surface area contributed by atoms with Gasteiger partial charge >= 0.3 is 0 Å². The molecule has 0 aliphatic heterocycles. The Labute approximate surface area is 250 Å². The molecule has 0 spiro atoms. The van der Waals surface area contributed by atoms with Crippen LogP contribution in [0.15, 0.2) is 153 Å². The maximum atomic E-state index is 6.32. The summed E-state index contributed by atoms with van der Waals surface area (Å²) in [6.45, 7) is 0. The molecular weight excluding hydrogens is 542 g/mol. The van der Waals surface area contributed by atoms with E-state index < -0.39 is 0 Å². The SMILES string of the molecule is c1ccc2c(c1)oc1cc(N(c3ccc4c(ccc5oc6ccccc6c54)c3)c3ccc4c(c3)oc3ccccc34)ccc12. The fraction of sp³-hybridized carbons (Fsp3) is 0. The average molecular weight is 566 g/mol. The van der Waals surface area contributed by atoms with Crippen LogP contribution in [0.5, 0.6) is 0 Å². The van der Waals surface area contributed by atoms with Gasteiger partial charge in [0.1, 0.15) is 33.5 Å². The van der Waals surface area contributed by atoms with E-state index in [2.05, 4.69) is 108 Å². The van der Waals surface area contributed by atoms with E-state index in [0.717, 1.165) is 93.7 Å². The molecule has 0 saturated carbocycles. The summed E-state index contributed by atoms with van der Waals surface area (Å²) in [6, 6.07) is 48.4. The van der Waals surface area contributed by atoms with Crippen LogP contribution in [0.3, 0.4) is 0 Å². The van der Waals surface area contributed by atoms with Gasteiger partial charge in [-0.3, -0.25) is 0 Å². The van der Waals surface area contributed by atoms with Crippen molar-refractivity contribution in [1.29, 1.82) is 0 Å². The highest BCUT2D eigenvalue weighted by molar-refractivity contribution is 6.19. The maximum absolute atomic E-state index is 6.32. The first-order valence-electron chi connectivity index (χ1n) is 14.8. The van der Waals surface area contributed by atoms with Gasteiger partial charge in [0.15, 0.2) is 0 Å². The van der Waals surface area contributed by atoms with E-state index >= 15 is 0 Å². The molecule has 0 radical (unpaired) electrons. The van der Waals surface area contributed by atoms with E-state index in [1.54, 1.807) is 0 Å². The van der Waals surface area contributed by atoms with Crippen molar-refractivity contribution in [1.82, 2.24) is 0 Å². The fourth-order valence-corrected chi connectivity index (χ4v) is 6.83. The Balaban J connectivity index is 1.21. The van der Waals surface area contributed by atoms with Gasteiger partial charge in [-0.2, -0.15) is 0 Å². The van der Waals surface area contributed by atoms with Crippen LogP contribution in [-0.4, -0.2) is 0 Å². The summed E-state index contributed by atoms with van der Waals surface area (Å²) in [6.07, 6.45) is 0. The predicted molar refractivity (Wildman–Crippen MR) is 180 cm³/mol. The third-order valence-electron chi connectivity index (χ3n) is 8.84. The molecule has 44 heavy (non-hydrogen) atoms. The summed E-state index contributed by atoms with van der Waals surface area (Å²) in [5, 5.41) is 9.01. The van der Waals surface area contributed by atoms with Gasteiger partial charge in [0, 0.05) is 61.5 Å². The van der Waals surface area contributed by atoms with Crippen LogP contribution < -0.4 is 4.90 Å². The molecule has 0 amide bonds. The van der Waals surface area contributed by atoms with Crippen LogP contribution in [0.4, 0.5) is 17.1 Å². The van der Waals surface area contributed by atoms with Crippen LogP contribution in [0.2, 0.25) is 0 Å². The van der Waals surface area contributed by atoms with Gasteiger partial charge in [0.05, 0.1) is 0 Å². The fourth-order valence-electron chi connectivity index (χ4n) is 6.83. The van der Waals surface area contributed by atoms with Crippen molar-refractivity contribution in [3.05, 3.63) is 140 Å². The second-order valence-corrected chi connectivity index (χ2v) is 11.3. The molecule has 7 aromatic carbocycles. The zero-order valence-electron chi connectivity index (χ0n) is 23.5. The van der Waals surface area contributed by atoms with E-state index in [-0.39, 0.29) is 0 Å². The Morgan fingerprint density at radius 1 is 0.318 bits per heavy atom. The largest absolute Gasteiger partial charge is 0.456 e. The van der Waals surface area contributed by atoms with Gasteiger partial charge < -0.3 is 18.2 Å². The highest BCUT2D eigenvalue weighted by Crippen LogP contribution is 2.43. The molecular formula is C40H23NO3. The molecule has 0 aliphatic carbocycles. The number of furan rings is 3. The van der Waals surface area contributed by atoms with Crippen molar-refractivity contribution in [3.8, 4) is 0 Å². The molecule has 10 rings (SSSR count). The maximum Gasteiger partial charge on any atom is 0.137 e. The number of hydrogen-bond acceptors (Lipinski definition) is 4. The molecule has 0 fully saturated rings. The summed E-state index contributed by atoms with van der Waals surface area (Å²) in [7, 11) is 0. The number of benzene rings is 7. The van der Waals surface area contributed by atoms with Crippen molar-refractivity contribution < 1.29 is 13.3 Å². The highest BCUT2D eigenvalue weighted by atomic mass is 16.3. The Morgan fingerprint density at radius 2 is 0.773 bits per heavy atom. The standard InChI is InChI=1S/C40H23NO3/c1-4-10-34-29(7-1)31-18-15-26(22-38(31)43-34)41(27-16-19-32-30-8-2-5-11-35(30)44-39(32)23-27)25-14-17-28-24(21-25)13-20-37-40(28)33-9-3-6-12-36(33)42-37/h1-23H. The normalized spacial score (nSPS) is 12.1. The molecule has 0 atom stereocenters. The van der Waals surface area contributed by atoms with Gasteiger partial charge in [-0.25, -0.2) is 0 Å². The molecule has 0 bridgehead atoms. The third kappa shape index (κ3) is 3.33. The lowest BCUT2D eigenvalue weighted by Crippen LogP contribution is -2.09. The lowest BCUT2D eigenvalue weighted by molar-refractivity contribution is 0.668. The average Bonchev–Trinajstić information content (AvgIpc) is 3.75. The topological polar surface area (TPSA) is 42.7 Å². The zero-order valence-corrected chi connectivity index (χ0v) is 23.5. The van der Waals surface area contributed by atoms with Crippen LogP contribution >= 0.6 is 0 Å². The van der Waals surface area contributed by atoms with E-state index in [4.69, 9.17) is 13.3 Å². The molecule has 0 saturated heterocycles. The molecule has 4 nitrogen and oxygen atoms in total. The second-order valence-electron chi connectivity index (χ2n) is 11.3. The molecule has 0 aliphatic rings. The number of fused-ring (bicyclic) bond motifs is 11. The highest BCUT2D eigenvalue weighted by Gasteiger charge is 2.19. The monoisotopic (exact) mass is 565 g/mol. The van der Waals surface area contributed by atoms with Crippen LogP contribution in [-0.2, 0) is 0 Å². The number of nitrogens with zero attached hydrogens (tertiary/aromatic N) is 1. The Hall–Kier alpha value is -6.00. The van der Waals surface area contributed by atoms with Crippen LogP contribution in [0, 0.1) is 0 Å². The van der Waals surface area contributed by atoms with E-state index in [1.165, 1.54) is 0 Å². The molecule has 10 aromatic rings. The Morgan fingerprint density at radius 3 is 1.39 bits per heavy atom. The van der Waals surface area contributed by atoms with Gasteiger partial charge in [-0.1, -0.05) is 66.7 Å². The lowest BCUT2D eigenvalue weighted by atomic mass is 10.0. The summed E-state index contributed by atoms with van der Waals surface area (Å²) < 4.78 is 18.8. The molecule has 3 heterocycles. The first-order chi connectivity index (χ1) is 21.8. The zero-order chi connectivity index (χ0) is 28.8. The first kappa shape index (κ1) is 23.6. The van der Waals surface area contributed by atoms with Crippen LogP contribution in [0.1, 0.15) is 0 Å². The number of hydrogen-bond donors (Lipinski definition) is 0. The van der Waals surface area contributed by atoms with Crippen molar-refractivity contribution in [2.24, 2.45) is 0 Å². The van der Waals surface area contributed by atoms with E-state index in [1.807, 2.05) is 36.4 Å². The Kier molecular flexibility index (Phi) is 4.69. The van der Waals surface area contributed by atoms with Crippen LogP contribution in [0.25, 0.3) is 76.6 Å². The molecule has 3 aromatic heterocycles. The van der Waals surface area contributed by atoms with E-state index in [0.29, 0.717) is 0 Å². The van der Waals surface area contributed by atoms with Crippen molar-refractivity contribution in [2.45, 2.75) is 0 Å². The minimum absolute atomic E-state index is 0.853. The molecule has 4 heteroatoms. The van der Waals surface area contributed by atoms with Gasteiger partial charge in [0.25, 0.3) is 0 Å². The number of para-hydroxylation sites is 3. The summed E-state index contributed by atoms with van der Waals surface area (Å²) in [4.78, 5) is 2.27. The van der Waals surface area contributed by atoms with Crippen molar-refractivity contribution in [3.63, 3.8) is 0 Å². The molecule has 0 unspecified atom stereocenters. The predicted octanol–water partition coefficient (Wildman–Crippen LogP) is 12.0. The molecule has 0 N–H and O–H groups in total. The number of rotatable bonds is 3. The first-order valence-corrected chi connectivity index (χ1v) is 14.8. The second kappa shape index (κ2) is 8.76. The Bertz CT molecular complexity index is 2630. The summed E-state index contributed by atoms with van der Waals surface area (Å²) >= 11 is 0. The number of anilines is 3. The van der Waals surface area contributed by atoms with Gasteiger partial charge in [-0.05, 0) is 71.4 Å². The quantitative estimate of drug-likeness (QED) is 0.214. The van der Waals surface area contributed by atoms with Crippen molar-refractivity contribution in [2.75, 3.05) is 4.90 Å². The minimum atomic E-state index is 0.853. The lowest BCUT2D eigenvalue weighted by Gasteiger charge is -2.26. The van der Waals surface area contributed by atoms with E-state index in [9.17, 15) is 0 Å².